The fraction of sp³-hybridized carbons (Fsp3) is 0.667. The number of hydrogen-bond donors (Lipinski definition) is 1. The normalized spacial score (nSPS) is 18.5. The van der Waals surface area contributed by atoms with Gasteiger partial charge in [-0.15, -0.1) is 0 Å². The third-order valence-corrected chi connectivity index (χ3v) is 3.83. The minimum Gasteiger partial charge on any atom is -0.308 e. The molecule has 0 radical (unpaired) electrons. The summed E-state index contributed by atoms with van der Waals surface area (Å²) in [5.74, 6) is 0.787. The van der Waals surface area contributed by atoms with Crippen molar-refractivity contribution in [3.05, 3.63) is 29.6 Å². The molecule has 1 unspecified atom stereocenters. The van der Waals surface area contributed by atoms with Gasteiger partial charge in [0.1, 0.15) is 0 Å². The highest BCUT2D eigenvalue weighted by Crippen LogP contribution is 2.35. The summed E-state index contributed by atoms with van der Waals surface area (Å²) in [6, 6.07) is 4.68. The van der Waals surface area contributed by atoms with Crippen molar-refractivity contribution in [2.24, 2.45) is 5.92 Å². The number of aromatic nitrogens is 1. The quantitative estimate of drug-likeness (QED) is 0.838. The van der Waals surface area contributed by atoms with E-state index in [9.17, 15) is 0 Å². The van der Waals surface area contributed by atoms with Crippen LogP contribution >= 0.6 is 0 Å². The first-order chi connectivity index (χ1) is 8.33. The minimum atomic E-state index is 0.471. The Morgan fingerprint density at radius 3 is 2.82 bits per heavy atom. The van der Waals surface area contributed by atoms with Crippen molar-refractivity contribution < 1.29 is 0 Å². The molecule has 0 saturated heterocycles. The first kappa shape index (κ1) is 12.6. The summed E-state index contributed by atoms with van der Waals surface area (Å²) < 4.78 is 0. The monoisotopic (exact) mass is 232 g/mol. The van der Waals surface area contributed by atoms with Crippen LogP contribution in [-0.2, 0) is 0 Å². The van der Waals surface area contributed by atoms with Gasteiger partial charge in [0.05, 0.1) is 11.7 Å². The molecule has 1 aliphatic rings. The van der Waals surface area contributed by atoms with Gasteiger partial charge in [0, 0.05) is 6.20 Å². The van der Waals surface area contributed by atoms with Crippen LogP contribution in [0.15, 0.2) is 18.3 Å². The molecule has 1 atom stereocenters. The fourth-order valence-electron chi connectivity index (χ4n) is 2.90. The number of nitrogens with one attached hydrogen (secondary N) is 1. The standard InChI is InChI=1S/C15H24N2/c1-3-10-16-15(13-8-4-5-9-13)14-12(2)7-6-11-17-14/h6-7,11,13,15-16H,3-5,8-10H2,1-2H3. The smallest absolute Gasteiger partial charge is 0.0605 e. The second kappa shape index (κ2) is 6.15. The van der Waals surface area contributed by atoms with E-state index in [1.807, 2.05) is 12.3 Å². The van der Waals surface area contributed by atoms with Gasteiger partial charge in [-0.3, -0.25) is 4.98 Å². The van der Waals surface area contributed by atoms with E-state index >= 15 is 0 Å². The molecule has 1 aromatic rings. The summed E-state index contributed by atoms with van der Waals surface area (Å²) in [6.45, 7) is 5.50. The average Bonchev–Trinajstić information content (AvgIpc) is 2.85. The van der Waals surface area contributed by atoms with Gasteiger partial charge in [-0.2, -0.15) is 0 Å². The Kier molecular flexibility index (Phi) is 4.55. The lowest BCUT2D eigenvalue weighted by Gasteiger charge is -2.25. The molecule has 1 heterocycles. The van der Waals surface area contributed by atoms with Gasteiger partial charge in [0.15, 0.2) is 0 Å². The Morgan fingerprint density at radius 2 is 2.18 bits per heavy atom. The lowest BCUT2D eigenvalue weighted by atomic mass is 9.92. The minimum absolute atomic E-state index is 0.471. The van der Waals surface area contributed by atoms with Crippen LogP contribution < -0.4 is 5.32 Å². The number of pyridine rings is 1. The van der Waals surface area contributed by atoms with Gasteiger partial charge >= 0.3 is 0 Å². The molecule has 1 aromatic heterocycles. The van der Waals surface area contributed by atoms with E-state index in [0.717, 1.165) is 12.5 Å². The van der Waals surface area contributed by atoms with E-state index in [-0.39, 0.29) is 0 Å². The topological polar surface area (TPSA) is 24.9 Å². The number of rotatable bonds is 5. The van der Waals surface area contributed by atoms with Crippen LogP contribution in [0.3, 0.4) is 0 Å². The van der Waals surface area contributed by atoms with Crippen LogP contribution in [0.2, 0.25) is 0 Å². The van der Waals surface area contributed by atoms with Crippen LogP contribution in [0.5, 0.6) is 0 Å². The predicted octanol–water partition coefficient (Wildman–Crippen LogP) is 3.62. The number of hydrogen-bond acceptors (Lipinski definition) is 2. The van der Waals surface area contributed by atoms with Crippen LogP contribution in [0.25, 0.3) is 0 Å². The maximum absolute atomic E-state index is 4.61. The molecule has 94 valence electrons. The number of aryl methyl sites for hydroxylation is 1. The predicted molar refractivity (Wildman–Crippen MR) is 72.0 cm³/mol. The highest BCUT2D eigenvalue weighted by atomic mass is 14.9. The Balaban J connectivity index is 2.16. The molecule has 17 heavy (non-hydrogen) atoms. The van der Waals surface area contributed by atoms with Gasteiger partial charge in [0.25, 0.3) is 0 Å². The van der Waals surface area contributed by atoms with Gasteiger partial charge in [-0.1, -0.05) is 25.8 Å². The maximum Gasteiger partial charge on any atom is 0.0605 e. The summed E-state index contributed by atoms with van der Waals surface area (Å²) in [5, 5.41) is 3.71. The molecular formula is C15H24N2. The Hall–Kier alpha value is -0.890. The van der Waals surface area contributed by atoms with Gasteiger partial charge in [-0.25, -0.2) is 0 Å². The molecule has 1 aliphatic carbocycles. The zero-order chi connectivity index (χ0) is 12.1. The molecule has 1 saturated carbocycles. The highest BCUT2D eigenvalue weighted by Gasteiger charge is 2.27. The summed E-state index contributed by atoms with van der Waals surface area (Å²) in [4.78, 5) is 4.61. The summed E-state index contributed by atoms with van der Waals surface area (Å²) in [5.41, 5.74) is 2.60. The molecule has 2 heteroatoms. The zero-order valence-corrected chi connectivity index (χ0v) is 11.1. The van der Waals surface area contributed by atoms with Crippen LogP contribution in [0, 0.1) is 12.8 Å². The second-order valence-corrected chi connectivity index (χ2v) is 5.18. The first-order valence-corrected chi connectivity index (χ1v) is 6.97. The zero-order valence-electron chi connectivity index (χ0n) is 11.1. The Bertz CT molecular complexity index is 343. The molecule has 2 nitrogen and oxygen atoms in total. The lowest BCUT2D eigenvalue weighted by molar-refractivity contribution is 0.360. The van der Waals surface area contributed by atoms with E-state index < -0.39 is 0 Å². The van der Waals surface area contributed by atoms with Crippen molar-refractivity contribution >= 4 is 0 Å². The van der Waals surface area contributed by atoms with Crippen molar-refractivity contribution in [3.63, 3.8) is 0 Å². The number of nitrogens with zero attached hydrogens (tertiary/aromatic N) is 1. The third kappa shape index (κ3) is 3.06. The van der Waals surface area contributed by atoms with Crippen molar-refractivity contribution in [2.45, 2.75) is 52.0 Å². The molecule has 0 spiro atoms. The lowest BCUT2D eigenvalue weighted by Crippen LogP contribution is -2.29. The summed E-state index contributed by atoms with van der Waals surface area (Å²) >= 11 is 0. The van der Waals surface area contributed by atoms with E-state index in [1.165, 1.54) is 43.4 Å². The van der Waals surface area contributed by atoms with Gasteiger partial charge in [-0.05, 0) is 50.3 Å². The van der Waals surface area contributed by atoms with Crippen molar-refractivity contribution in [2.75, 3.05) is 6.54 Å². The molecular weight excluding hydrogens is 208 g/mol. The molecule has 0 aliphatic heterocycles. The third-order valence-electron chi connectivity index (χ3n) is 3.83. The van der Waals surface area contributed by atoms with Crippen molar-refractivity contribution in [3.8, 4) is 0 Å². The van der Waals surface area contributed by atoms with E-state index in [2.05, 4.69) is 30.2 Å². The Morgan fingerprint density at radius 1 is 1.41 bits per heavy atom. The molecule has 1 N–H and O–H groups in total. The van der Waals surface area contributed by atoms with E-state index in [4.69, 9.17) is 0 Å². The van der Waals surface area contributed by atoms with Crippen molar-refractivity contribution in [1.82, 2.24) is 10.3 Å². The van der Waals surface area contributed by atoms with Crippen LogP contribution in [0.1, 0.15) is 56.3 Å². The maximum atomic E-state index is 4.61. The van der Waals surface area contributed by atoms with Gasteiger partial charge < -0.3 is 5.32 Å². The van der Waals surface area contributed by atoms with E-state index in [1.54, 1.807) is 0 Å². The summed E-state index contributed by atoms with van der Waals surface area (Å²) in [7, 11) is 0. The largest absolute Gasteiger partial charge is 0.308 e. The second-order valence-electron chi connectivity index (χ2n) is 5.18. The SMILES string of the molecule is CCCNC(c1ncccc1C)C1CCCC1. The van der Waals surface area contributed by atoms with Crippen LogP contribution in [-0.4, -0.2) is 11.5 Å². The highest BCUT2D eigenvalue weighted by molar-refractivity contribution is 5.22. The van der Waals surface area contributed by atoms with Crippen molar-refractivity contribution in [1.29, 1.82) is 0 Å². The average molecular weight is 232 g/mol. The first-order valence-electron chi connectivity index (χ1n) is 6.97. The summed E-state index contributed by atoms with van der Waals surface area (Å²) in [6.07, 6.45) is 8.61. The van der Waals surface area contributed by atoms with Gasteiger partial charge in [0.2, 0.25) is 0 Å². The Labute approximate surface area is 105 Å². The molecule has 2 rings (SSSR count). The van der Waals surface area contributed by atoms with E-state index in [0.29, 0.717) is 6.04 Å². The van der Waals surface area contributed by atoms with Crippen LogP contribution in [0.4, 0.5) is 0 Å². The molecule has 0 aromatic carbocycles. The fourth-order valence-corrected chi connectivity index (χ4v) is 2.90. The molecule has 1 fully saturated rings. The molecule has 0 amide bonds. The molecule has 0 bridgehead atoms.